The lowest BCUT2D eigenvalue weighted by Crippen LogP contribution is -1.90. The zero-order valence-corrected chi connectivity index (χ0v) is 27.8. The van der Waals surface area contributed by atoms with Crippen LogP contribution >= 0.6 is 56.7 Å². The van der Waals surface area contributed by atoms with Crippen LogP contribution in [0.4, 0.5) is 10.0 Å². The fourth-order valence-electron chi connectivity index (χ4n) is 5.23. The number of aromatic nitrogens is 2. The maximum atomic E-state index is 9.14. The van der Waals surface area contributed by atoms with Crippen LogP contribution in [0.25, 0.3) is 70.1 Å². The normalized spacial score (nSPS) is 12.2. The summed E-state index contributed by atoms with van der Waals surface area (Å²) in [5.74, 6) is 0.889. The van der Waals surface area contributed by atoms with Gasteiger partial charge in [0, 0.05) is 26.2 Å². The van der Waals surface area contributed by atoms with Crippen LogP contribution in [0.2, 0.25) is 0 Å². The molecule has 7 aromatic heterocycles. The number of amidine groups is 2. The number of nitriles is 2. The molecule has 0 N–H and O–H groups in total. The predicted octanol–water partition coefficient (Wildman–Crippen LogP) is 9.58. The second-order valence-corrected chi connectivity index (χ2v) is 14.7. The maximum Gasteiger partial charge on any atom is 0.350 e. The maximum absolute atomic E-state index is 9.14. The van der Waals surface area contributed by atoms with Gasteiger partial charge in [-0.1, -0.05) is 45.8 Å². The van der Waals surface area contributed by atoms with E-state index in [2.05, 4.69) is 55.0 Å². The van der Waals surface area contributed by atoms with E-state index in [1.165, 1.54) is 52.5 Å². The summed E-state index contributed by atoms with van der Waals surface area (Å²) in [6.45, 7) is 14.3. The Labute approximate surface area is 275 Å². The summed E-state index contributed by atoms with van der Waals surface area (Å²) in [6, 6.07) is 11.5. The monoisotopic (exact) mass is 680 g/mol. The summed E-state index contributed by atoms with van der Waals surface area (Å²) in [7, 11) is 7.39. The Morgan fingerprint density at radius 2 is 1.11 bits per heavy atom. The highest BCUT2D eigenvalue weighted by atomic mass is 32.1. The molecule has 0 atom stereocenters. The predicted molar refractivity (Wildman–Crippen MR) is 186 cm³/mol. The first kappa shape index (κ1) is 28.8. The molecule has 0 aromatic carbocycles. The molecule has 0 aliphatic heterocycles. The van der Waals surface area contributed by atoms with E-state index in [9.17, 15) is 0 Å². The number of thiophene rings is 5. The zero-order chi connectivity index (χ0) is 31.6. The Hall–Kier alpha value is -5.00. The summed E-state index contributed by atoms with van der Waals surface area (Å²) in [5.41, 5.74) is 4.61. The molecule has 7 aromatic rings. The van der Waals surface area contributed by atoms with Gasteiger partial charge in [-0.15, -0.1) is 34.0 Å². The van der Waals surface area contributed by atoms with Crippen molar-refractivity contribution in [3.8, 4) is 43.1 Å². The Morgan fingerprint density at radius 1 is 0.689 bits per heavy atom. The summed E-state index contributed by atoms with van der Waals surface area (Å²) < 4.78 is 20.6. The largest absolute Gasteiger partial charge is 0.495 e. The third-order valence-corrected chi connectivity index (χ3v) is 13.3. The number of rotatable bonds is 6. The summed E-state index contributed by atoms with van der Waals surface area (Å²) >= 11 is 7.95. The number of methoxy groups -OCH3 is 2. The Morgan fingerprint density at radius 3 is 1.47 bits per heavy atom. The van der Waals surface area contributed by atoms with E-state index >= 15 is 0 Å². The number of hydrogen-bond donors (Lipinski definition) is 0. The fraction of sp³-hybridized carbons (Fsp3) is 0.133. The molecular weight excluding hydrogens is 665 g/mol. The van der Waals surface area contributed by atoms with Crippen molar-refractivity contribution in [2.24, 2.45) is 24.1 Å². The highest BCUT2D eigenvalue weighted by Gasteiger charge is 2.26. The van der Waals surface area contributed by atoms with E-state index in [1.54, 1.807) is 60.4 Å². The quantitative estimate of drug-likeness (QED) is 0.0990. The van der Waals surface area contributed by atoms with Gasteiger partial charge in [-0.25, -0.2) is 10.5 Å². The second-order valence-electron chi connectivity index (χ2n) is 9.51. The third-order valence-electron chi connectivity index (χ3n) is 7.19. The summed E-state index contributed by atoms with van der Waals surface area (Å²) in [5, 5.41) is 19.4. The van der Waals surface area contributed by atoms with Gasteiger partial charge in [0.2, 0.25) is 10.0 Å². The first-order valence-electron chi connectivity index (χ1n) is 12.9. The van der Waals surface area contributed by atoms with Crippen LogP contribution in [0, 0.1) is 35.8 Å². The van der Waals surface area contributed by atoms with Crippen LogP contribution in [-0.2, 0) is 14.1 Å². The molecule has 218 valence electrons. The second kappa shape index (κ2) is 10.9. The highest BCUT2D eigenvalue weighted by Crippen LogP contribution is 2.54. The van der Waals surface area contributed by atoms with Gasteiger partial charge in [-0.3, -0.25) is 0 Å². The van der Waals surface area contributed by atoms with Gasteiger partial charge in [0.25, 0.3) is 0 Å². The molecular formula is C30H16N8O2S5. The molecule has 0 aliphatic carbocycles. The molecule has 0 amide bonds. The van der Waals surface area contributed by atoms with Crippen molar-refractivity contribution in [2.75, 3.05) is 14.2 Å². The van der Waals surface area contributed by atoms with Gasteiger partial charge in [-0.05, 0) is 12.1 Å². The van der Waals surface area contributed by atoms with E-state index in [1.807, 2.05) is 12.1 Å². The fourth-order valence-corrected chi connectivity index (χ4v) is 11.5. The third kappa shape index (κ3) is 4.33. The van der Waals surface area contributed by atoms with Crippen molar-refractivity contribution in [3.05, 3.63) is 47.1 Å². The van der Waals surface area contributed by atoms with Crippen molar-refractivity contribution < 1.29 is 9.47 Å². The van der Waals surface area contributed by atoms with Crippen LogP contribution in [0.1, 0.15) is 0 Å². The van der Waals surface area contributed by atoms with Gasteiger partial charge in [0.15, 0.2) is 0 Å². The van der Waals surface area contributed by atoms with Crippen molar-refractivity contribution in [3.63, 3.8) is 0 Å². The van der Waals surface area contributed by atoms with Crippen LogP contribution < -0.4 is 9.47 Å². The Kier molecular flexibility index (Phi) is 6.94. The van der Waals surface area contributed by atoms with Crippen LogP contribution in [0.15, 0.2) is 34.3 Å². The molecule has 0 radical (unpaired) electrons. The minimum absolute atomic E-state index is 0.212. The van der Waals surface area contributed by atoms with Crippen LogP contribution in [-0.4, -0.2) is 35.0 Å². The van der Waals surface area contributed by atoms with E-state index in [0.717, 1.165) is 30.5 Å². The van der Waals surface area contributed by atoms with Gasteiger partial charge in [0.05, 0.1) is 74.6 Å². The molecule has 7 rings (SSSR count). The molecule has 7 heterocycles. The van der Waals surface area contributed by atoms with E-state index in [-0.39, 0.29) is 11.7 Å². The van der Waals surface area contributed by atoms with Gasteiger partial charge < -0.3 is 28.3 Å². The number of aryl methyl sites for hydroxylation is 2. The van der Waals surface area contributed by atoms with E-state index in [0.29, 0.717) is 21.5 Å². The molecule has 0 saturated carbocycles. The number of hydrogen-bond acceptors (Lipinski definition) is 11. The lowest BCUT2D eigenvalue weighted by atomic mass is 10.3. The minimum atomic E-state index is -0.212. The van der Waals surface area contributed by atoms with Crippen molar-refractivity contribution in [1.29, 1.82) is 10.5 Å². The lowest BCUT2D eigenvalue weighted by Gasteiger charge is -2.01. The van der Waals surface area contributed by atoms with Crippen molar-refractivity contribution >= 4 is 119 Å². The molecule has 0 unspecified atom stereocenters. The van der Waals surface area contributed by atoms with Gasteiger partial charge in [0.1, 0.15) is 23.6 Å². The molecule has 0 aliphatic rings. The SMILES string of the molecule is [C-]#[N+]C(C#N)=Nc1cc(OC)c(-c2cc3c(s2)c2sc4c5sc(-c6sc(N=C(C#N)[N+]#[C-])cc6OC)cc5n(C)c4c2n3C)s1. The molecule has 15 heteroatoms. The lowest BCUT2D eigenvalue weighted by molar-refractivity contribution is 0.418. The minimum Gasteiger partial charge on any atom is -0.495 e. The van der Waals surface area contributed by atoms with Crippen molar-refractivity contribution in [1.82, 2.24) is 9.13 Å². The van der Waals surface area contributed by atoms with E-state index < -0.39 is 0 Å². The number of aliphatic imine (C=N–C) groups is 2. The molecule has 0 fully saturated rings. The molecule has 0 saturated heterocycles. The molecule has 0 spiro atoms. The summed E-state index contributed by atoms with van der Waals surface area (Å²) in [4.78, 5) is 18.6. The zero-order valence-electron chi connectivity index (χ0n) is 23.7. The van der Waals surface area contributed by atoms with Crippen molar-refractivity contribution in [2.45, 2.75) is 0 Å². The first-order valence-corrected chi connectivity index (χ1v) is 16.9. The average Bonchev–Trinajstić information content (AvgIpc) is 3.89. The van der Waals surface area contributed by atoms with Gasteiger partial charge in [-0.2, -0.15) is 0 Å². The van der Waals surface area contributed by atoms with Crippen LogP contribution in [0.3, 0.4) is 0 Å². The topological polar surface area (TPSA) is 109 Å². The first-order chi connectivity index (χ1) is 21.8. The number of ether oxygens (including phenoxy) is 2. The standard InChI is InChI=1S/C30H16N8O2S5/c1-33-19(11-31)35-21-9-15(39-5)27(43-21)17-7-13-25(41-17)29-23(37(13)3)24-30(45-29)26-14(38(24)4)8-18(42-26)28-16(40-6)10-22(44-28)36-20(12-32)34-2/h7-10H,3-6H3. The number of fused-ring (bicyclic) bond motifs is 7. The van der Waals surface area contributed by atoms with Crippen LogP contribution in [0.5, 0.6) is 11.5 Å². The highest BCUT2D eigenvalue weighted by molar-refractivity contribution is 7.36. The average molecular weight is 681 g/mol. The smallest absolute Gasteiger partial charge is 0.350 e. The Bertz CT molecular complexity index is 2390. The molecule has 0 bridgehead atoms. The molecule has 45 heavy (non-hydrogen) atoms. The van der Waals surface area contributed by atoms with E-state index in [4.69, 9.17) is 33.1 Å². The number of nitrogens with zero attached hydrogens (tertiary/aromatic N) is 8. The Balaban J connectivity index is 1.36. The summed E-state index contributed by atoms with van der Waals surface area (Å²) in [6.07, 6.45) is 0. The molecule has 10 nitrogen and oxygen atoms in total. The van der Waals surface area contributed by atoms with Gasteiger partial charge >= 0.3 is 11.7 Å².